The van der Waals surface area contributed by atoms with Crippen molar-refractivity contribution < 1.29 is 9.53 Å². The maximum Gasteiger partial charge on any atom is 0.340 e. The zero-order valence-corrected chi connectivity index (χ0v) is 16.2. The molecule has 1 aromatic rings. The van der Waals surface area contributed by atoms with Crippen LogP contribution in [-0.2, 0) is 4.74 Å². The van der Waals surface area contributed by atoms with Crippen molar-refractivity contribution in [3.8, 4) is 0 Å². The van der Waals surface area contributed by atoms with Gasteiger partial charge >= 0.3 is 5.97 Å². The van der Waals surface area contributed by atoms with Gasteiger partial charge in [-0.15, -0.1) is 0 Å². The first kappa shape index (κ1) is 20.8. The number of carbonyl (C=O) groups excluding carboxylic acids is 1. The second kappa shape index (κ2) is 11.3. The van der Waals surface area contributed by atoms with Crippen molar-refractivity contribution in [3.63, 3.8) is 0 Å². The number of ether oxygens (including phenoxy) is 1. The molecule has 3 heteroatoms. The van der Waals surface area contributed by atoms with Crippen LogP contribution in [0.1, 0.15) is 57.8 Å². The van der Waals surface area contributed by atoms with Gasteiger partial charge in [0.1, 0.15) is 6.61 Å². The standard InChI is InChI=1S/C22H31NO2/c1-17(2)9-8-10-19(5)14-16-25-22(24)20-11-6-7-12-21(20)23-15-13-18(3)4/h6-7,9,11-14,23H,8,10,15-16H2,1-5H3. The summed E-state index contributed by atoms with van der Waals surface area (Å²) in [4.78, 5) is 12.3. The molecule has 0 aliphatic carbocycles. The van der Waals surface area contributed by atoms with Gasteiger partial charge in [-0.3, -0.25) is 0 Å². The minimum atomic E-state index is -0.298. The van der Waals surface area contributed by atoms with Crippen molar-refractivity contribution in [3.05, 3.63) is 64.8 Å². The van der Waals surface area contributed by atoms with E-state index in [9.17, 15) is 4.79 Å². The zero-order valence-electron chi connectivity index (χ0n) is 16.2. The van der Waals surface area contributed by atoms with Gasteiger partial charge in [-0.1, -0.05) is 41.0 Å². The molecule has 0 radical (unpaired) electrons. The summed E-state index contributed by atoms with van der Waals surface area (Å²) in [6.45, 7) is 11.4. The number of carbonyl (C=O) groups is 1. The Bertz CT molecular complexity index is 646. The highest BCUT2D eigenvalue weighted by Gasteiger charge is 2.11. The summed E-state index contributed by atoms with van der Waals surface area (Å²) in [6, 6.07) is 7.45. The van der Waals surface area contributed by atoms with E-state index in [-0.39, 0.29) is 5.97 Å². The molecule has 0 saturated heterocycles. The van der Waals surface area contributed by atoms with Gasteiger partial charge in [0.2, 0.25) is 0 Å². The fourth-order valence-corrected chi connectivity index (χ4v) is 2.21. The molecule has 25 heavy (non-hydrogen) atoms. The average Bonchev–Trinajstić information content (AvgIpc) is 2.54. The van der Waals surface area contributed by atoms with Gasteiger partial charge in [-0.05, 0) is 65.7 Å². The minimum Gasteiger partial charge on any atom is -0.458 e. The van der Waals surface area contributed by atoms with Gasteiger partial charge in [0.15, 0.2) is 0 Å². The Kier molecular flexibility index (Phi) is 9.38. The highest BCUT2D eigenvalue weighted by atomic mass is 16.5. The lowest BCUT2D eigenvalue weighted by atomic mass is 10.1. The molecular weight excluding hydrogens is 310 g/mol. The van der Waals surface area contributed by atoms with E-state index in [4.69, 9.17) is 4.74 Å². The number of hydrogen-bond acceptors (Lipinski definition) is 3. The van der Waals surface area contributed by atoms with Crippen LogP contribution in [0.25, 0.3) is 0 Å². The van der Waals surface area contributed by atoms with Gasteiger partial charge in [-0.25, -0.2) is 4.79 Å². The Hall–Kier alpha value is -2.29. The van der Waals surface area contributed by atoms with Crippen LogP contribution in [0.3, 0.4) is 0 Å². The SMILES string of the molecule is CC(C)=CCCC(C)=CCOC(=O)c1ccccc1NCC=C(C)C. The Morgan fingerprint density at radius 1 is 1.00 bits per heavy atom. The lowest BCUT2D eigenvalue weighted by Crippen LogP contribution is -2.10. The maximum absolute atomic E-state index is 12.3. The highest BCUT2D eigenvalue weighted by molar-refractivity contribution is 5.95. The molecule has 0 heterocycles. The summed E-state index contributed by atoms with van der Waals surface area (Å²) < 4.78 is 5.41. The normalized spacial score (nSPS) is 10.8. The van der Waals surface area contributed by atoms with Crippen LogP contribution in [-0.4, -0.2) is 19.1 Å². The summed E-state index contributed by atoms with van der Waals surface area (Å²) in [7, 11) is 0. The molecular formula is C22H31NO2. The predicted molar refractivity (Wildman–Crippen MR) is 107 cm³/mol. The van der Waals surface area contributed by atoms with Crippen molar-refractivity contribution in [1.29, 1.82) is 0 Å². The quantitative estimate of drug-likeness (QED) is 0.448. The van der Waals surface area contributed by atoms with E-state index < -0.39 is 0 Å². The van der Waals surface area contributed by atoms with Crippen LogP contribution >= 0.6 is 0 Å². The van der Waals surface area contributed by atoms with E-state index in [1.165, 1.54) is 16.7 Å². The molecule has 0 aliphatic heterocycles. The van der Waals surface area contributed by atoms with Crippen molar-refractivity contribution in [2.45, 2.75) is 47.5 Å². The molecule has 0 spiro atoms. The van der Waals surface area contributed by atoms with E-state index in [0.29, 0.717) is 18.7 Å². The first-order chi connectivity index (χ1) is 11.9. The van der Waals surface area contributed by atoms with Crippen molar-refractivity contribution >= 4 is 11.7 Å². The lowest BCUT2D eigenvalue weighted by molar-refractivity contribution is 0.0550. The molecule has 0 fully saturated rings. The van der Waals surface area contributed by atoms with E-state index in [0.717, 1.165) is 18.5 Å². The number of rotatable bonds is 9. The van der Waals surface area contributed by atoms with Gasteiger partial charge in [0.25, 0.3) is 0 Å². The van der Waals surface area contributed by atoms with Gasteiger partial charge in [-0.2, -0.15) is 0 Å². The van der Waals surface area contributed by atoms with E-state index >= 15 is 0 Å². The first-order valence-corrected chi connectivity index (χ1v) is 8.82. The molecule has 0 amide bonds. The van der Waals surface area contributed by atoms with Gasteiger partial charge < -0.3 is 10.1 Å². The van der Waals surface area contributed by atoms with E-state index in [2.05, 4.69) is 38.2 Å². The largest absolute Gasteiger partial charge is 0.458 e. The summed E-state index contributed by atoms with van der Waals surface area (Å²) in [5, 5.41) is 3.26. The second-order valence-corrected chi connectivity index (χ2v) is 6.68. The smallest absolute Gasteiger partial charge is 0.340 e. The zero-order chi connectivity index (χ0) is 18.7. The number of para-hydroxylation sites is 1. The Balaban J connectivity index is 2.57. The molecule has 0 atom stereocenters. The van der Waals surface area contributed by atoms with Crippen LogP contribution in [0.15, 0.2) is 59.2 Å². The topological polar surface area (TPSA) is 38.3 Å². The monoisotopic (exact) mass is 341 g/mol. The van der Waals surface area contributed by atoms with Crippen LogP contribution in [0.2, 0.25) is 0 Å². The van der Waals surface area contributed by atoms with Crippen molar-refractivity contribution in [2.75, 3.05) is 18.5 Å². The number of nitrogens with one attached hydrogen (secondary N) is 1. The molecule has 0 bridgehead atoms. The number of anilines is 1. The summed E-state index contributed by atoms with van der Waals surface area (Å²) >= 11 is 0. The number of esters is 1. The van der Waals surface area contributed by atoms with Crippen LogP contribution in [0.4, 0.5) is 5.69 Å². The molecule has 0 unspecified atom stereocenters. The fraction of sp³-hybridized carbons (Fsp3) is 0.409. The maximum atomic E-state index is 12.3. The summed E-state index contributed by atoms with van der Waals surface area (Å²) in [5.41, 5.74) is 5.17. The fourth-order valence-electron chi connectivity index (χ4n) is 2.21. The first-order valence-electron chi connectivity index (χ1n) is 8.82. The molecule has 136 valence electrons. The molecule has 1 rings (SSSR count). The van der Waals surface area contributed by atoms with Crippen molar-refractivity contribution in [1.82, 2.24) is 0 Å². The molecule has 0 aromatic heterocycles. The highest BCUT2D eigenvalue weighted by Crippen LogP contribution is 2.16. The predicted octanol–water partition coefficient (Wildman–Crippen LogP) is 5.91. The van der Waals surface area contributed by atoms with Gasteiger partial charge in [0.05, 0.1) is 5.56 Å². The number of benzene rings is 1. The molecule has 0 aliphatic rings. The average molecular weight is 341 g/mol. The third-order valence-corrected chi connectivity index (χ3v) is 3.69. The van der Waals surface area contributed by atoms with E-state index in [1.807, 2.05) is 38.1 Å². The van der Waals surface area contributed by atoms with Crippen LogP contribution < -0.4 is 5.32 Å². The molecule has 1 aromatic carbocycles. The van der Waals surface area contributed by atoms with Crippen LogP contribution in [0, 0.1) is 0 Å². The Morgan fingerprint density at radius 2 is 1.68 bits per heavy atom. The second-order valence-electron chi connectivity index (χ2n) is 6.68. The molecule has 0 saturated carbocycles. The minimum absolute atomic E-state index is 0.298. The Morgan fingerprint density at radius 3 is 2.36 bits per heavy atom. The summed E-state index contributed by atoms with van der Waals surface area (Å²) in [5.74, 6) is -0.298. The van der Waals surface area contributed by atoms with Crippen LogP contribution in [0.5, 0.6) is 0 Å². The molecule has 1 N–H and O–H groups in total. The summed E-state index contributed by atoms with van der Waals surface area (Å²) in [6.07, 6.45) is 8.30. The van der Waals surface area contributed by atoms with Crippen molar-refractivity contribution in [2.24, 2.45) is 0 Å². The van der Waals surface area contributed by atoms with E-state index in [1.54, 1.807) is 6.07 Å². The Labute approximate surface area is 152 Å². The number of allylic oxidation sites excluding steroid dienone is 4. The van der Waals surface area contributed by atoms with Gasteiger partial charge in [0, 0.05) is 12.2 Å². The number of hydrogen-bond donors (Lipinski definition) is 1. The molecule has 3 nitrogen and oxygen atoms in total. The lowest BCUT2D eigenvalue weighted by Gasteiger charge is -2.10. The third kappa shape index (κ3) is 8.94. The third-order valence-electron chi connectivity index (χ3n) is 3.69.